The fourth-order valence-corrected chi connectivity index (χ4v) is 4.39. The number of nitrogens with zero attached hydrogens (tertiary/aromatic N) is 1. The van der Waals surface area contributed by atoms with Crippen molar-refractivity contribution in [3.05, 3.63) is 42.7 Å². The third-order valence-electron chi connectivity index (χ3n) is 3.18. The fourth-order valence-electron chi connectivity index (χ4n) is 2.21. The van der Waals surface area contributed by atoms with Gasteiger partial charge in [-0.1, -0.05) is 11.6 Å². The molecule has 0 aliphatic carbocycles. The van der Waals surface area contributed by atoms with E-state index in [0.29, 0.717) is 6.54 Å². The highest BCUT2D eigenvalue weighted by Crippen LogP contribution is 2.32. The van der Waals surface area contributed by atoms with Gasteiger partial charge in [-0.15, -0.1) is 22.7 Å². The second-order valence-electron chi connectivity index (χ2n) is 4.41. The van der Waals surface area contributed by atoms with Crippen molar-refractivity contribution in [2.24, 2.45) is 0 Å². The molecule has 2 nitrogen and oxygen atoms in total. The van der Waals surface area contributed by atoms with Gasteiger partial charge in [-0.2, -0.15) is 0 Å². The second kappa shape index (κ2) is 4.68. The van der Waals surface area contributed by atoms with Crippen LogP contribution in [0.2, 0.25) is 4.34 Å². The lowest BCUT2D eigenvalue weighted by atomic mass is 10.1. The van der Waals surface area contributed by atoms with E-state index in [4.69, 9.17) is 11.6 Å². The topological polar surface area (TPSA) is 20.3 Å². The normalized spacial score (nSPS) is 14.7. The monoisotopic (exact) mass is 297 g/mol. The van der Waals surface area contributed by atoms with Gasteiger partial charge in [0.2, 0.25) is 0 Å². The number of rotatable bonds is 1. The van der Waals surface area contributed by atoms with Crippen LogP contribution in [0.3, 0.4) is 0 Å². The van der Waals surface area contributed by atoms with E-state index in [2.05, 4.69) is 0 Å². The van der Waals surface area contributed by atoms with Crippen LogP contribution in [0.4, 0.5) is 0 Å². The molecule has 0 radical (unpaired) electrons. The number of aryl methyl sites for hydroxylation is 1. The van der Waals surface area contributed by atoms with Crippen LogP contribution in [0, 0.1) is 6.92 Å². The summed E-state index contributed by atoms with van der Waals surface area (Å²) in [5, 5.41) is 1.97. The summed E-state index contributed by atoms with van der Waals surface area (Å²) in [7, 11) is 0. The number of carbonyl (C=O) groups is 1. The lowest BCUT2D eigenvalue weighted by molar-refractivity contribution is 0.0740. The summed E-state index contributed by atoms with van der Waals surface area (Å²) >= 11 is 9.18. The maximum absolute atomic E-state index is 12.4. The van der Waals surface area contributed by atoms with E-state index >= 15 is 0 Å². The van der Waals surface area contributed by atoms with Crippen LogP contribution in [0.5, 0.6) is 0 Å². The van der Waals surface area contributed by atoms with Crippen molar-refractivity contribution in [1.82, 2.24) is 4.90 Å². The quantitative estimate of drug-likeness (QED) is 0.780. The number of amides is 1. The van der Waals surface area contributed by atoms with Crippen molar-refractivity contribution in [3.63, 3.8) is 0 Å². The molecule has 0 saturated carbocycles. The third kappa shape index (κ3) is 2.09. The van der Waals surface area contributed by atoms with Gasteiger partial charge in [0.05, 0.1) is 9.21 Å². The Balaban J connectivity index is 1.84. The van der Waals surface area contributed by atoms with Crippen LogP contribution in [-0.4, -0.2) is 17.4 Å². The summed E-state index contributed by atoms with van der Waals surface area (Å²) in [5.41, 5.74) is 2.28. The zero-order valence-electron chi connectivity index (χ0n) is 9.90. The van der Waals surface area contributed by atoms with Gasteiger partial charge in [0.1, 0.15) is 0 Å². The first-order valence-electron chi connectivity index (χ1n) is 5.75. The molecule has 0 atom stereocenters. The van der Waals surface area contributed by atoms with Crippen LogP contribution in [0.15, 0.2) is 17.5 Å². The Labute approximate surface area is 119 Å². The number of thiophene rings is 2. The molecule has 1 amide bonds. The first-order chi connectivity index (χ1) is 8.65. The standard InChI is InChI=1S/C13H12ClNOS2/c1-8-3-5-17-12(8)13(16)15-4-2-10-9(7-15)6-11(14)18-10/h3,5-6H,2,4,7H2,1H3. The lowest BCUT2D eigenvalue weighted by Gasteiger charge is -2.26. The summed E-state index contributed by atoms with van der Waals surface area (Å²) in [6, 6.07) is 3.98. The molecular weight excluding hydrogens is 286 g/mol. The maximum atomic E-state index is 12.4. The Morgan fingerprint density at radius 1 is 1.50 bits per heavy atom. The van der Waals surface area contributed by atoms with Crippen molar-refractivity contribution in [1.29, 1.82) is 0 Å². The summed E-state index contributed by atoms with van der Waals surface area (Å²) < 4.78 is 0.821. The third-order valence-corrected chi connectivity index (χ3v) is 5.55. The Bertz CT molecular complexity index is 602. The highest BCUT2D eigenvalue weighted by Gasteiger charge is 2.24. The Morgan fingerprint density at radius 2 is 2.33 bits per heavy atom. The molecule has 94 valence electrons. The molecule has 3 rings (SSSR count). The molecule has 1 aliphatic heterocycles. The highest BCUT2D eigenvalue weighted by molar-refractivity contribution is 7.16. The molecule has 0 spiro atoms. The minimum absolute atomic E-state index is 0.149. The molecular formula is C13H12ClNOS2. The van der Waals surface area contributed by atoms with Crippen molar-refractivity contribution in [3.8, 4) is 0 Å². The smallest absolute Gasteiger partial charge is 0.264 e. The van der Waals surface area contributed by atoms with E-state index in [1.807, 2.05) is 29.3 Å². The van der Waals surface area contributed by atoms with E-state index in [1.54, 1.807) is 11.3 Å². The molecule has 0 bridgehead atoms. The van der Waals surface area contributed by atoms with Crippen LogP contribution in [-0.2, 0) is 13.0 Å². The molecule has 3 heterocycles. The number of hydrogen-bond acceptors (Lipinski definition) is 3. The minimum Gasteiger partial charge on any atom is -0.333 e. The lowest BCUT2D eigenvalue weighted by Crippen LogP contribution is -2.35. The molecule has 1 aliphatic rings. The van der Waals surface area contributed by atoms with Crippen LogP contribution in [0.1, 0.15) is 25.7 Å². The van der Waals surface area contributed by atoms with E-state index in [-0.39, 0.29) is 5.91 Å². The number of hydrogen-bond donors (Lipinski definition) is 0. The number of fused-ring (bicyclic) bond motifs is 1. The van der Waals surface area contributed by atoms with Crippen LogP contribution in [0.25, 0.3) is 0 Å². The van der Waals surface area contributed by atoms with Crippen LogP contribution >= 0.6 is 34.3 Å². The van der Waals surface area contributed by atoms with Crippen molar-refractivity contribution < 1.29 is 4.79 Å². The molecule has 0 fully saturated rings. The van der Waals surface area contributed by atoms with Gasteiger partial charge in [0.15, 0.2) is 0 Å². The predicted octanol–water partition coefficient (Wildman–Crippen LogP) is 3.97. The first-order valence-corrected chi connectivity index (χ1v) is 7.83. The largest absolute Gasteiger partial charge is 0.333 e. The molecule has 0 N–H and O–H groups in total. The zero-order valence-corrected chi connectivity index (χ0v) is 12.3. The van der Waals surface area contributed by atoms with Gasteiger partial charge in [-0.25, -0.2) is 0 Å². The van der Waals surface area contributed by atoms with Crippen molar-refractivity contribution in [2.45, 2.75) is 19.9 Å². The van der Waals surface area contributed by atoms with Gasteiger partial charge < -0.3 is 4.90 Å². The summed E-state index contributed by atoms with van der Waals surface area (Å²) in [6.45, 7) is 3.47. The SMILES string of the molecule is Cc1ccsc1C(=O)N1CCc2sc(Cl)cc2C1. The van der Waals surface area contributed by atoms with E-state index in [1.165, 1.54) is 21.8 Å². The molecule has 2 aromatic rings. The average Bonchev–Trinajstić information content (AvgIpc) is 2.91. The summed E-state index contributed by atoms with van der Waals surface area (Å²) in [4.78, 5) is 16.5. The molecule has 2 aromatic heterocycles. The van der Waals surface area contributed by atoms with Gasteiger partial charge in [0, 0.05) is 18.0 Å². The number of carbonyl (C=O) groups excluding carboxylic acids is 1. The van der Waals surface area contributed by atoms with Crippen LogP contribution < -0.4 is 0 Å². The fraction of sp³-hybridized carbons (Fsp3) is 0.308. The zero-order chi connectivity index (χ0) is 12.7. The summed E-state index contributed by atoms with van der Waals surface area (Å²) in [5.74, 6) is 0.149. The maximum Gasteiger partial charge on any atom is 0.264 e. The second-order valence-corrected chi connectivity index (χ2v) is 7.09. The van der Waals surface area contributed by atoms with Gasteiger partial charge >= 0.3 is 0 Å². The Hall–Kier alpha value is -0.840. The predicted molar refractivity (Wildman–Crippen MR) is 76.8 cm³/mol. The molecule has 5 heteroatoms. The molecule has 18 heavy (non-hydrogen) atoms. The molecule has 0 unspecified atom stereocenters. The highest BCUT2D eigenvalue weighted by atomic mass is 35.5. The molecule has 0 saturated heterocycles. The Morgan fingerprint density at radius 3 is 3.06 bits per heavy atom. The average molecular weight is 298 g/mol. The Kier molecular flexibility index (Phi) is 3.18. The summed E-state index contributed by atoms with van der Waals surface area (Å²) in [6.07, 6.45) is 0.920. The van der Waals surface area contributed by atoms with E-state index < -0.39 is 0 Å². The minimum atomic E-state index is 0.149. The molecule has 0 aromatic carbocycles. The van der Waals surface area contributed by atoms with Crippen molar-refractivity contribution in [2.75, 3.05) is 6.54 Å². The number of halogens is 1. The van der Waals surface area contributed by atoms with Crippen molar-refractivity contribution >= 4 is 40.2 Å². The first kappa shape index (κ1) is 12.2. The van der Waals surface area contributed by atoms with E-state index in [9.17, 15) is 4.79 Å². The van der Waals surface area contributed by atoms with Gasteiger partial charge in [-0.05, 0) is 42.0 Å². The van der Waals surface area contributed by atoms with Gasteiger partial charge in [0.25, 0.3) is 5.91 Å². The van der Waals surface area contributed by atoms with E-state index in [0.717, 1.165) is 27.7 Å². The van der Waals surface area contributed by atoms with Gasteiger partial charge in [-0.3, -0.25) is 4.79 Å².